The number of ether oxygens (including phenoxy) is 1. The zero-order chi connectivity index (χ0) is 25.2. The van der Waals surface area contributed by atoms with Gasteiger partial charge in [-0.25, -0.2) is 28.4 Å². The molecule has 0 amide bonds. The summed E-state index contributed by atoms with van der Waals surface area (Å²) in [5.41, 5.74) is 1.68. The average Bonchev–Trinajstić information content (AvgIpc) is 3.38. The van der Waals surface area contributed by atoms with Gasteiger partial charge in [-0.2, -0.15) is 0 Å². The van der Waals surface area contributed by atoms with Gasteiger partial charge in [0.15, 0.2) is 33.8 Å². The molecule has 2 fully saturated rings. The molecule has 2 aliphatic carbocycles. The van der Waals surface area contributed by atoms with Crippen molar-refractivity contribution < 1.29 is 23.7 Å². The highest BCUT2D eigenvalue weighted by Crippen LogP contribution is 2.47. The molecule has 5 rings (SSSR count). The maximum atomic E-state index is 13.6. The van der Waals surface area contributed by atoms with Crippen LogP contribution in [-0.4, -0.2) is 72.6 Å². The van der Waals surface area contributed by atoms with Crippen LogP contribution in [-0.2, 0) is 4.74 Å². The van der Waals surface area contributed by atoms with E-state index in [4.69, 9.17) is 9.84 Å². The van der Waals surface area contributed by atoms with Crippen LogP contribution in [0.2, 0.25) is 0 Å². The number of halogens is 2. The second kappa shape index (κ2) is 10.8. The number of aliphatic imine (C=N–C) groups is 1. The van der Waals surface area contributed by atoms with Gasteiger partial charge >= 0.3 is 0 Å². The predicted octanol–water partition coefficient (Wildman–Crippen LogP) is 3.58. The SMILES string of the molecule is CCCSc1nc(N=CC2CC2c2ccc(F)c(F)c2)c2nnn([C@@H]3C[C@H](OCCO)C[C@H]3O)c2n1. The van der Waals surface area contributed by atoms with Crippen LogP contribution in [0.15, 0.2) is 28.3 Å². The number of fused-ring (bicyclic) bond motifs is 1. The smallest absolute Gasteiger partial charge is 0.191 e. The maximum absolute atomic E-state index is 13.6. The Labute approximate surface area is 211 Å². The summed E-state index contributed by atoms with van der Waals surface area (Å²) in [7, 11) is 0. The third-order valence-electron chi connectivity index (χ3n) is 6.53. The monoisotopic (exact) mass is 518 g/mol. The van der Waals surface area contributed by atoms with Gasteiger partial charge in [-0.1, -0.05) is 30.0 Å². The van der Waals surface area contributed by atoms with Crippen LogP contribution in [0.4, 0.5) is 14.6 Å². The van der Waals surface area contributed by atoms with E-state index in [-0.39, 0.29) is 37.2 Å². The molecule has 0 bridgehead atoms. The van der Waals surface area contributed by atoms with Crippen LogP contribution in [0.1, 0.15) is 50.1 Å². The Hall–Kier alpha value is -2.54. The largest absolute Gasteiger partial charge is 0.394 e. The topological polar surface area (TPSA) is 119 Å². The molecule has 2 aromatic heterocycles. The Bertz CT molecular complexity index is 1260. The third kappa shape index (κ3) is 5.26. The van der Waals surface area contributed by atoms with Gasteiger partial charge in [0.05, 0.1) is 31.5 Å². The van der Waals surface area contributed by atoms with Gasteiger partial charge < -0.3 is 14.9 Å². The molecule has 2 unspecified atom stereocenters. The van der Waals surface area contributed by atoms with E-state index in [1.54, 1.807) is 17.0 Å². The summed E-state index contributed by atoms with van der Waals surface area (Å²) >= 11 is 1.51. The second-order valence-corrected chi connectivity index (χ2v) is 10.2. The maximum Gasteiger partial charge on any atom is 0.191 e. The normalized spacial score (nSPS) is 25.9. The second-order valence-electron chi connectivity index (χ2n) is 9.16. The van der Waals surface area contributed by atoms with E-state index in [9.17, 15) is 13.9 Å². The molecule has 0 radical (unpaired) electrons. The molecule has 36 heavy (non-hydrogen) atoms. The Kier molecular flexibility index (Phi) is 7.56. The van der Waals surface area contributed by atoms with Crippen LogP contribution >= 0.6 is 11.8 Å². The Morgan fingerprint density at radius 1 is 1.22 bits per heavy atom. The molecule has 0 aliphatic heterocycles. The lowest BCUT2D eigenvalue weighted by atomic mass is 10.1. The number of aliphatic hydroxyl groups is 2. The number of aliphatic hydroxyl groups excluding tert-OH is 2. The number of thioether (sulfide) groups is 1. The summed E-state index contributed by atoms with van der Waals surface area (Å²) in [5.74, 6) is -0.314. The van der Waals surface area contributed by atoms with Crippen LogP contribution in [0.25, 0.3) is 11.2 Å². The molecular formula is C24H28F2N6O3S. The van der Waals surface area contributed by atoms with Crippen molar-refractivity contribution in [3.8, 4) is 0 Å². The lowest BCUT2D eigenvalue weighted by Gasteiger charge is -2.14. The molecule has 0 spiro atoms. The molecule has 9 nitrogen and oxygen atoms in total. The molecule has 12 heteroatoms. The van der Waals surface area contributed by atoms with Gasteiger partial charge in [0, 0.05) is 24.3 Å². The van der Waals surface area contributed by atoms with Crippen molar-refractivity contribution in [2.24, 2.45) is 10.9 Å². The van der Waals surface area contributed by atoms with Crippen LogP contribution in [0, 0.1) is 17.6 Å². The molecule has 3 aromatic rings. The number of aromatic nitrogens is 5. The summed E-state index contributed by atoms with van der Waals surface area (Å²) in [6, 6.07) is 3.63. The lowest BCUT2D eigenvalue weighted by Crippen LogP contribution is -2.19. The van der Waals surface area contributed by atoms with E-state index in [2.05, 4.69) is 32.2 Å². The van der Waals surface area contributed by atoms with Gasteiger partial charge in [-0.3, -0.25) is 0 Å². The average molecular weight is 519 g/mol. The molecule has 0 saturated heterocycles. The van der Waals surface area contributed by atoms with Gasteiger partial charge in [-0.05, 0) is 42.9 Å². The number of nitrogens with zero attached hydrogens (tertiary/aromatic N) is 6. The molecule has 5 atom stereocenters. The zero-order valence-corrected chi connectivity index (χ0v) is 20.6. The van der Waals surface area contributed by atoms with Gasteiger partial charge in [0.1, 0.15) is 0 Å². The fourth-order valence-electron chi connectivity index (χ4n) is 4.61. The predicted molar refractivity (Wildman–Crippen MR) is 131 cm³/mol. The quantitative estimate of drug-likeness (QED) is 0.238. The minimum atomic E-state index is -0.855. The van der Waals surface area contributed by atoms with Crippen molar-refractivity contribution >= 4 is 35.0 Å². The molecule has 1 aromatic carbocycles. The van der Waals surface area contributed by atoms with Crippen LogP contribution in [0.3, 0.4) is 0 Å². The minimum absolute atomic E-state index is 0.0753. The first-order chi connectivity index (χ1) is 17.5. The number of rotatable bonds is 10. The van der Waals surface area contributed by atoms with Crippen molar-refractivity contribution in [1.29, 1.82) is 0 Å². The Balaban J connectivity index is 1.40. The summed E-state index contributed by atoms with van der Waals surface area (Å²) in [4.78, 5) is 13.9. The standard InChI is InChI=1S/C24H28F2N6O3S/c1-2-7-36-24-28-22(27-12-14-8-16(14)13-3-4-17(25)18(26)9-13)21-23(29-24)32(31-30-21)19-10-15(11-20(19)34)35-6-5-33/h3-4,9,12,14-16,19-20,33-34H,2,5-8,10-11H2,1H3/t14?,15-,16?,19+,20+/m0/s1. The van der Waals surface area contributed by atoms with Gasteiger partial charge in [-0.15, -0.1) is 5.10 Å². The lowest BCUT2D eigenvalue weighted by molar-refractivity contribution is 0.0252. The van der Waals surface area contributed by atoms with Crippen LogP contribution < -0.4 is 0 Å². The van der Waals surface area contributed by atoms with E-state index in [0.717, 1.165) is 30.2 Å². The van der Waals surface area contributed by atoms with Gasteiger partial charge in [0.25, 0.3) is 0 Å². The Morgan fingerprint density at radius 2 is 2.08 bits per heavy atom. The number of hydrogen-bond acceptors (Lipinski definition) is 9. The zero-order valence-electron chi connectivity index (χ0n) is 19.8. The summed E-state index contributed by atoms with van der Waals surface area (Å²) in [5, 5.41) is 28.8. The molecule has 2 heterocycles. The summed E-state index contributed by atoms with van der Waals surface area (Å²) in [6.45, 7) is 2.21. The fourth-order valence-corrected chi connectivity index (χ4v) is 5.30. The first-order valence-corrected chi connectivity index (χ1v) is 13.1. The molecule has 2 aliphatic rings. The Morgan fingerprint density at radius 3 is 2.86 bits per heavy atom. The van der Waals surface area contributed by atoms with E-state index >= 15 is 0 Å². The number of benzene rings is 1. The van der Waals surface area contributed by atoms with Crippen molar-refractivity contribution in [3.63, 3.8) is 0 Å². The van der Waals surface area contributed by atoms with E-state index in [0.29, 0.717) is 35.0 Å². The van der Waals surface area contributed by atoms with Crippen LogP contribution in [0.5, 0.6) is 0 Å². The highest BCUT2D eigenvalue weighted by Gasteiger charge is 2.38. The molecule has 2 saturated carbocycles. The van der Waals surface area contributed by atoms with Crippen molar-refractivity contribution in [2.75, 3.05) is 19.0 Å². The number of hydrogen-bond donors (Lipinski definition) is 2. The van der Waals surface area contributed by atoms with Crippen molar-refractivity contribution in [3.05, 3.63) is 35.4 Å². The van der Waals surface area contributed by atoms with E-state index < -0.39 is 17.7 Å². The van der Waals surface area contributed by atoms with E-state index in [1.165, 1.54) is 17.8 Å². The van der Waals surface area contributed by atoms with Gasteiger partial charge in [0.2, 0.25) is 0 Å². The minimum Gasteiger partial charge on any atom is -0.394 e. The highest BCUT2D eigenvalue weighted by molar-refractivity contribution is 7.99. The molecular weight excluding hydrogens is 490 g/mol. The first kappa shape index (κ1) is 25.1. The summed E-state index contributed by atoms with van der Waals surface area (Å²) < 4.78 is 34.1. The first-order valence-electron chi connectivity index (χ1n) is 12.1. The van der Waals surface area contributed by atoms with Crippen molar-refractivity contribution in [2.45, 2.75) is 61.9 Å². The molecule has 192 valence electrons. The molecule has 2 N–H and O–H groups in total. The summed E-state index contributed by atoms with van der Waals surface area (Å²) in [6.07, 6.45) is 3.61. The fraction of sp³-hybridized carbons (Fsp3) is 0.542. The highest BCUT2D eigenvalue weighted by atomic mass is 32.2. The van der Waals surface area contributed by atoms with E-state index in [1.807, 2.05) is 0 Å². The van der Waals surface area contributed by atoms with Crippen molar-refractivity contribution in [1.82, 2.24) is 25.0 Å². The third-order valence-corrected chi connectivity index (χ3v) is 7.59.